The molecule has 1 aliphatic carbocycles. The lowest BCUT2D eigenvalue weighted by molar-refractivity contribution is 0.102. The summed E-state index contributed by atoms with van der Waals surface area (Å²) in [4.78, 5) is 17.9. The molecular weight excluding hydrogens is 407 g/mol. The van der Waals surface area contributed by atoms with Gasteiger partial charge < -0.3 is 0 Å². The molecule has 20 heavy (non-hydrogen) atoms. The van der Waals surface area contributed by atoms with Crippen LogP contribution < -0.4 is 5.32 Å². The molecule has 0 atom stereocenters. The van der Waals surface area contributed by atoms with Crippen molar-refractivity contribution in [1.82, 2.24) is 4.98 Å². The van der Waals surface area contributed by atoms with Crippen LogP contribution in [0.5, 0.6) is 0 Å². The van der Waals surface area contributed by atoms with Crippen molar-refractivity contribution < 1.29 is 4.79 Å². The molecule has 3 rings (SSSR count). The highest BCUT2D eigenvalue weighted by Gasteiger charge is 2.16. The Morgan fingerprint density at radius 3 is 2.60 bits per heavy atom. The van der Waals surface area contributed by atoms with Gasteiger partial charge in [0.1, 0.15) is 0 Å². The maximum absolute atomic E-state index is 12.1. The average Bonchev–Trinajstić information content (AvgIpc) is 2.81. The molecule has 0 radical (unpaired) electrons. The molecule has 0 fully saturated rings. The van der Waals surface area contributed by atoms with E-state index in [9.17, 15) is 4.79 Å². The molecule has 1 aromatic heterocycles. The maximum atomic E-state index is 12.1. The third-order valence-electron chi connectivity index (χ3n) is 3.17. The predicted molar refractivity (Wildman–Crippen MR) is 93.1 cm³/mol. The summed E-state index contributed by atoms with van der Waals surface area (Å²) in [6.45, 7) is 0. The van der Waals surface area contributed by atoms with Crippen molar-refractivity contribution in [1.29, 1.82) is 0 Å². The Bertz CT molecular complexity index is 589. The minimum Gasteiger partial charge on any atom is -0.298 e. The number of nitrogens with one attached hydrogen (secondary N) is 1. The van der Waals surface area contributed by atoms with Gasteiger partial charge in [0.2, 0.25) is 0 Å². The van der Waals surface area contributed by atoms with Crippen molar-refractivity contribution in [2.24, 2.45) is 0 Å². The lowest BCUT2D eigenvalue weighted by Crippen LogP contribution is -2.11. The molecule has 1 heterocycles. The van der Waals surface area contributed by atoms with Gasteiger partial charge in [0.05, 0.1) is 5.69 Å². The van der Waals surface area contributed by atoms with Crippen molar-refractivity contribution in [3.8, 4) is 0 Å². The van der Waals surface area contributed by atoms with E-state index in [1.54, 1.807) is 11.3 Å². The van der Waals surface area contributed by atoms with Gasteiger partial charge in [-0.2, -0.15) is 0 Å². The summed E-state index contributed by atoms with van der Waals surface area (Å²) in [6.07, 6.45) is 4.60. The van der Waals surface area contributed by atoms with Crippen molar-refractivity contribution in [3.63, 3.8) is 0 Å². The fraction of sp³-hybridized carbons (Fsp3) is 0.286. The summed E-state index contributed by atoms with van der Waals surface area (Å²) in [5, 5.41) is 3.63. The number of rotatable bonds is 2. The Morgan fingerprint density at radius 1 is 1.20 bits per heavy atom. The summed E-state index contributed by atoms with van der Waals surface area (Å²) in [7, 11) is 0. The van der Waals surface area contributed by atoms with Crippen LogP contribution in [0.15, 0.2) is 24.3 Å². The Labute approximate surface area is 141 Å². The van der Waals surface area contributed by atoms with E-state index in [1.807, 2.05) is 24.3 Å². The van der Waals surface area contributed by atoms with Crippen LogP contribution in [0.2, 0.25) is 0 Å². The highest BCUT2D eigenvalue weighted by atomic mass is 127. The normalized spacial score (nSPS) is 13.2. The zero-order valence-electron chi connectivity index (χ0n) is 10.7. The number of carbonyl (C=O) groups excluding carboxylic acids is 1. The number of thiazole rings is 1. The molecule has 6 heteroatoms. The summed E-state index contributed by atoms with van der Waals surface area (Å²) >= 11 is 3.84. The van der Waals surface area contributed by atoms with E-state index < -0.39 is 0 Å². The first-order valence-corrected chi connectivity index (χ1v) is 8.17. The van der Waals surface area contributed by atoms with Gasteiger partial charge in [0, 0.05) is 14.0 Å². The van der Waals surface area contributed by atoms with Crippen LogP contribution in [0.25, 0.3) is 0 Å². The second-order valence-corrected chi connectivity index (χ2v) is 6.89. The van der Waals surface area contributed by atoms with Crippen LogP contribution in [0.4, 0.5) is 5.13 Å². The molecule has 1 N–H and O–H groups in total. The number of amides is 1. The Kier molecular flexibility index (Phi) is 5.40. The molecule has 0 unspecified atom stereocenters. The van der Waals surface area contributed by atoms with E-state index >= 15 is 0 Å². The van der Waals surface area contributed by atoms with Gasteiger partial charge >= 0.3 is 0 Å². The number of benzene rings is 1. The number of aryl methyl sites for hydroxylation is 2. The average molecular weight is 421 g/mol. The number of carbonyl (C=O) groups is 1. The lowest BCUT2D eigenvalue weighted by Gasteiger charge is -2.06. The number of aromatic nitrogens is 1. The van der Waals surface area contributed by atoms with E-state index in [2.05, 4.69) is 32.9 Å². The second kappa shape index (κ2) is 6.87. The van der Waals surface area contributed by atoms with Gasteiger partial charge in [0.25, 0.3) is 5.91 Å². The molecule has 0 saturated heterocycles. The Morgan fingerprint density at radius 2 is 1.90 bits per heavy atom. The standard InChI is InChI=1S/C14H13IN2OS.ClH/c15-10-7-5-9(6-8-10)13(18)17-14-16-11-3-1-2-4-12(11)19-14;/h5-8H,1-4H2,(H,16,17,18);1H. The molecule has 0 bridgehead atoms. The van der Waals surface area contributed by atoms with Crippen LogP contribution >= 0.6 is 46.3 Å². The first-order chi connectivity index (χ1) is 9.22. The fourth-order valence-corrected chi connectivity index (χ4v) is 3.58. The second-order valence-electron chi connectivity index (χ2n) is 4.56. The molecular formula is C14H14ClIN2OS. The minimum atomic E-state index is -0.0810. The summed E-state index contributed by atoms with van der Waals surface area (Å²) in [5.74, 6) is -0.0810. The van der Waals surface area contributed by atoms with Crippen LogP contribution in [-0.4, -0.2) is 10.9 Å². The van der Waals surface area contributed by atoms with Gasteiger partial charge in [-0.3, -0.25) is 10.1 Å². The van der Waals surface area contributed by atoms with Crippen molar-refractivity contribution in [2.45, 2.75) is 25.7 Å². The van der Waals surface area contributed by atoms with E-state index in [-0.39, 0.29) is 18.3 Å². The van der Waals surface area contributed by atoms with Gasteiger partial charge in [-0.15, -0.1) is 23.7 Å². The van der Waals surface area contributed by atoms with Crippen LogP contribution in [0, 0.1) is 3.57 Å². The monoisotopic (exact) mass is 420 g/mol. The smallest absolute Gasteiger partial charge is 0.257 e. The minimum absolute atomic E-state index is 0. The number of halogens is 2. The summed E-state index contributed by atoms with van der Waals surface area (Å²) in [6, 6.07) is 7.54. The van der Waals surface area contributed by atoms with Gasteiger partial charge in [-0.05, 0) is 72.5 Å². The SMILES string of the molecule is Cl.O=C(Nc1nc2c(s1)CCCC2)c1ccc(I)cc1. The van der Waals surface area contributed by atoms with Gasteiger partial charge in [-0.25, -0.2) is 4.98 Å². The number of anilines is 1. The third-order valence-corrected chi connectivity index (χ3v) is 4.96. The quantitative estimate of drug-likeness (QED) is 0.736. The topological polar surface area (TPSA) is 42.0 Å². The lowest BCUT2D eigenvalue weighted by atomic mass is 10.0. The number of hydrogen-bond acceptors (Lipinski definition) is 3. The van der Waals surface area contributed by atoms with Crippen LogP contribution in [-0.2, 0) is 12.8 Å². The number of hydrogen-bond donors (Lipinski definition) is 1. The first-order valence-electron chi connectivity index (χ1n) is 6.28. The fourth-order valence-electron chi connectivity index (χ4n) is 2.18. The summed E-state index contributed by atoms with van der Waals surface area (Å²) < 4.78 is 1.12. The molecule has 0 saturated carbocycles. The Balaban J connectivity index is 0.00000147. The third kappa shape index (κ3) is 3.51. The van der Waals surface area contributed by atoms with E-state index in [1.165, 1.54) is 23.4 Å². The van der Waals surface area contributed by atoms with E-state index in [4.69, 9.17) is 0 Å². The van der Waals surface area contributed by atoms with Gasteiger partial charge in [-0.1, -0.05) is 0 Å². The van der Waals surface area contributed by atoms with Crippen molar-refractivity contribution in [3.05, 3.63) is 44.0 Å². The Hall–Kier alpha value is -0.660. The first kappa shape index (κ1) is 15.7. The molecule has 1 amide bonds. The molecule has 0 spiro atoms. The highest BCUT2D eigenvalue weighted by molar-refractivity contribution is 14.1. The van der Waals surface area contributed by atoms with Crippen molar-refractivity contribution >= 4 is 57.4 Å². The number of nitrogens with zero attached hydrogens (tertiary/aromatic N) is 1. The zero-order valence-corrected chi connectivity index (χ0v) is 14.5. The molecule has 3 nitrogen and oxygen atoms in total. The molecule has 1 aromatic carbocycles. The predicted octanol–water partition coefficient (Wildman–Crippen LogP) is 4.30. The largest absolute Gasteiger partial charge is 0.298 e. The molecule has 106 valence electrons. The summed E-state index contributed by atoms with van der Waals surface area (Å²) in [5.41, 5.74) is 1.85. The molecule has 0 aliphatic heterocycles. The molecule has 1 aliphatic rings. The highest BCUT2D eigenvalue weighted by Crippen LogP contribution is 2.29. The van der Waals surface area contributed by atoms with Crippen LogP contribution in [0.1, 0.15) is 33.8 Å². The van der Waals surface area contributed by atoms with Crippen LogP contribution in [0.3, 0.4) is 0 Å². The maximum Gasteiger partial charge on any atom is 0.257 e. The van der Waals surface area contributed by atoms with Gasteiger partial charge in [0.15, 0.2) is 5.13 Å². The van der Waals surface area contributed by atoms with E-state index in [0.717, 1.165) is 21.5 Å². The zero-order chi connectivity index (χ0) is 13.2. The van der Waals surface area contributed by atoms with Crippen molar-refractivity contribution in [2.75, 3.05) is 5.32 Å². The number of fused-ring (bicyclic) bond motifs is 1. The van der Waals surface area contributed by atoms with E-state index in [0.29, 0.717) is 5.56 Å². The molecule has 2 aromatic rings.